The first-order valence-corrected chi connectivity index (χ1v) is 14.0. The van der Waals surface area contributed by atoms with Crippen molar-refractivity contribution >= 4 is 73.9 Å². The zero-order valence-corrected chi connectivity index (χ0v) is 23.0. The Morgan fingerprint density at radius 2 is 1.57 bits per heavy atom. The van der Waals surface area contributed by atoms with E-state index in [4.69, 9.17) is 43.7 Å². The van der Waals surface area contributed by atoms with Crippen LogP contribution >= 0.6 is 46.6 Å². The van der Waals surface area contributed by atoms with Crippen LogP contribution in [0.3, 0.4) is 0 Å². The third-order valence-corrected chi connectivity index (χ3v) is 8.05. The molecule has 1 fully saturated rings. The highest BCUT2D eigenvalue weighted by atomic mass is 35.5. The van der Waals surface area contributed by atoms with Crippen molar-refractivity contribution in [3.63, 3.8) is 0 Å². The van der Waals surface area contributed by atoms with E-state index in [1.54, 1.807) is 36.4 Å². The van der Waals surface area contributed by atoms with Gasteiger partial charge in [0.05, 0.1) is 21.5 Å². The molecule has 192 valence electrons. The van der Waals surface area contributed by atoms with Gasteiger partial charge in [-0.1, -0.05) is 52.5 Å². The number of aryl methyl sites for hydroxylation is 1. The second-order valence-electron chi connectivity index (χ2n) is 7.80. The lowest BCUT2D eigenvalue weighted by atomic mass is 10.2. The van der Waals surface area contributed by atoms with E-state index in [0.717, 1.165) is 22.2 Å². The smallest absolute Gasteiger partial charge is 0.339 e. The van der Waals surface area contributed by atoms with Gasteiger partial charge in [-0.05, 0) is 78.9 Å². The molecule has 0 atom stereocenters. The number of halogens is 3. The Morgan fingerprint density at radius 3 is 2.19 bits per heavy atom. The van der Waals surface area contributed by atoms with Crippen molar-refractivity contribution in [2.24, 2.45) is 0 Å². The minimum Gasteiger partial charge on any atom is -0.492 e. The minimum absolute atomic E-state index is 0.0514. The molecule has 0 bridgehead atoms. The lowest BCUT2D eigenvalue weighted by Gasteiger charge is -2.13. The summed E-state index contributed by atoms with van der Waals surface area (Å²) in [5.41, 5.74) is 1.27. The Kier molecular flexibility index (Phi) is 8.40. The molecule has 4 rings (SSSR count). The first-order chi connectivity index (χ1) is 17.5. The van der Waals surface area contributed by atoms with Crippen LogP contribution < -0.4 is 8.92 Å². The molecule has 7 nitrogen and oxygen atoms in total. The summed E-state index contributed by atoms with van der Waals surface area (Å²) >= 11 is 19.1. The summed E-state index contributed by atoms with van der Waals surface area (Å²) < 4.78 is 36.0. The Morgan fingerprint density at radius 1 is 0.946 bits per heavy atom. The monoisotopic (exact) mass is 597 g/mol. The Balaban J connectivity index is 1.46. The van der Waals surface area contributed by atoms with E-state index < -0.39 is 21.3 Å². The second kappa shape index (κ2) is 11.4. The van der Waals surface area contributed by atoms with Crippen molar-refractivity contribution in [3.05, 3.63) is 91.8 Å². The zero-order chi connectivity index (χ0) is 26.7. The normalized spacial score (nSPS) is 14.9. The van der Waals surface area contributed by atoms with Gasteiger partial charge in [0, 0.05) is 5.02 Å². The number of nitrogens with zero attached hydrogens (tertiary/aromatic N) is 1. The topological polar surface area (TPSA) is 90.0 Å². The van der Waals surface area contributed by atoms with Crippen LogP contribution in [0.1, 0.15) is 11.1 Å². The molecule has 0 unspecified atom stereocenters. The first-order valence-electron chi connectivity index (χ1n) is 10.7. The lowest BCUT2D eigenvalue weighted by Crippen LogP contribution is -2.32. The van der Waals surface area contributed by atoms with Gasteiger partial charge >= 0.3 is 10.1 Å². The Hall–Kier alpha value is -2.69. The molecule has 0 aromatic heterocycles. The molecule has 0 aliphatic carbocycles. The van der Waals surface area contributed by atoms with Crippen molar-refractivity contribution in [3.8, 4) is 11.5 Å². The predicted molar refractivity (Wildman–Crippen MR) is 145 cm³/mol. The van der Waals surface area contributed by atoms with Crippen LogP contribution in [0, 0.1) is 6.92 Å². The van der Waals surface area contributed by atoms with Gasteiger partial charge < -0.3 is 8.92 Å². The molecule has 1 aliphatic rings. The molecule has 3 aromatic rings. The largest absolute Gasteiger partial charge is 0.492 e. The van der Waals surface area contributed by atoms with Gasteiger partial charge in [-0.3, -0.25) is 14.5 Å². The molecular weight excluding hydrogens is 581 g/mol. The van der Waals surface area contributed by atoms with Crippen molar-refractivity contribution < 1.29 is 26.9 Å². The average molecular weight is 599 g/mol. The first kappa shape index (κ1) is 27.3. The maximum absolute atomic E-state index is 12.8. The van der Waals surface area contributed by atoms with E-state index in [9.17, 15) is 18.0 Å². The molecule has 3 aromatic carbocycles. The van der Waals surface area contributed by atoms with Crippen LogP contribution in [0.4, 0.5) is 4.79 Å². The summed E-state index contributed by atoms with van der Waals surface area (Å²) in [6.07, 6.45) is 1.45. The number of carbonyl (C=O) groups is 2. The maximum atomic E-state index is 12.8. The van der Waals surface area contributed by atoms with Crippen LogP contribution in [-0.2, 0) is 14.9 Å². The number of hydrogen-bond donors (Lipinski definition) is 0. The Labute approximate surface area is 233 Å². The predicted octanol–water partition coefficient (Wildman–Crippen LogP) is 6.84. The van der Waals surface area contributed by atoms with Gasteiger partial charge in [0.15, 0.2) is 5.75 Å². The third-order valence-electron chi connectivity index (χ3n) is 5.09. The van der Waals surface area contributed by atoms with E-state index in [0.29, 0.717) is 16.3 Å². The van der Waals surface area contributed by atoms with Crippen LogP contribution in [-0.4, -0.2) is 37.6 Å². The van der Waals surface area contributed by atoms with E-state index in [-0.39, 0.29) is 38.7 Å². The fraction of sp³-hybridized carbons (Fsp3) is 0.120. The SMILES string of the molecule is Cc1ccc(S(=O)(=O)Oc2c(Cl)cc(/C=C3\SC(=O)N(CCOc4ccc(Cl)cc4)C3=O)cc2Cl)cc1. The van der Waals surface area contributed by atoms with Crippen LogP contribution in [0.5, 0.6) is 11.5 Å². The highest BCUT2D eigenvalue weighted by molar-refractivity contribution is 8.18. The van der Waals surface area contributed by atoms with Crippen molar-refractivity contribution in [1.82, 2.24) is 4.90 Å². The second-order valence-corrected chi connectivity index (χ2v) is 11.6. The molecular formula is C25H18Cl3NO6S2. The molecule has 1 saturated heterocycles. The number of rotatable bonds is 8. The molecule has 37 heavy (non-hydrogen) atoms. The molecule has 0 saturated carbocycles. The third kappa shape index (κ3) is 6.61. The van der Waals surface area contributed by atoms with Crippen molar-refractivity contribution in [2.45, 2.75) is 11.8 Å². The number of imide groups is 1. The summed E-state index contributed by atoms with van der Waals surface area (Å²) in [7, 11) is -4.18. The standard InChI is InChI=1S/C25H18Cl3NO6S2/c1-15-2-8-19(9-3-15)37(32,33)35-23-20(27)12-16(13-21(23)28)14-22-24(30)29(25(31)36-22)10-11-34-18-6-4-17(26)5-7-18/h2-9,12-14H,10-11H2,1H3/b22-14-. The molecule has 1 heterocycles. The zero-order valence-electron chi connectivity index (χ0n) is 19.1. The van der Waals surface area contributed by atoms with Gasteiger partial charge in [-0.2, -0.15) is 8.42 Å². The lowest BCUT2D eigenvalue weighted by molar-refractivity contribution is -0.123. The number of thioether (sulfide) groups is 1. The van der Waals surface area contributed by atoms with Crippen LogP contribution in [0.2, 0.25) is 15.1 Å². The number of ether oxygens (including phenoxy) is 1. The van der Waals surface area contributed by atoms with E-state index in [1.807, 2.05) is 6.92 Å². The molecule has 0 radical (unpaired) electrons. The van der Waals surface area contributed by atoms with E-state index >= 15 is 0 Å². The Bertz CT molecular complexity index is 1470. The summed E-state index contributed by atoms with van der Waals surface area (Å²) in [6, 6.07) is 15.6. The fourth-order valence-corrected chi connectivity index (χ4v) is 5.86. The quantitative estimate of drug-likeness (QED) is 0.207. The van der Waals surface area contributed by atoms with Gasteiger partial charge in [0.25, 0.3) is 11.1 Å². The molecule has 2 amide bonds. The van der Waals surface area contributed by atoms with E-state index in [2.05, 4.69) is 0 Å². The number of hydrogen-bond acceptors (Lipinski definition) is 7. The van der Waals surface area contributed by atoms with Gasteiger partial charge in [0.1, 0.15) is 17.3 Å². The highest BCUT2D eigenvalue weighted by Gasteiger charge is 2.35. The number of benzene rings is 3. The maximum Gasteiger partial charge on any atom is 0.339 e. The van der Waals surface area contributed by atoms with Gasteiger partial charge in [-0.15, -0.1) is 0 Å². The summed E-state index contributed by atoms with van der Waals surface area (Å²) in [5, 5.41) is -0.0384. The molecule has 0 spiro atoms. The average Bonchev–Trinajstić information content (AvgIpc) is 3.10. The summed E-state index contributed by atoms with van der Waals surface area (Å²) in [5.74, 6) is -0.180. The van der Waals surface area contributed by atoms with Crippen LogP contribution in [0.15, 0.2) is 70.5 Å². The molecule has 0 N–H and O–H groups in total. The highest BCUT2D eigenvalue weighted by Crippen LogP contribution is 2.38. The number of carbonyl (C=O) groups excluding carboxylic acids is 2. The molecule has 12 heteroatoms. The van der Waals surface area contributed by atoms with Crippen molar-refractivity contribution in [1.29, 1.82) is 0 Å². The van der Waals surface area contributed by atoms with Gasteiger partial charge in [-0.25, -0.2) is 0 Å². The molecule has 1 aliphatic heterocycles. The fourth-order valence-electron chi connectivity index (χ4n) is 3.23. The van der Waals surface area contributed by atoms with E-state index in [1.165, 1.54) is 30.3 Å². The van der Waals surface area contributed by atoms with Gasteiger partial charge in [0.2, 0.25) is 0 Å². The number of amides is 2. The summed E-state index contributed by atoms with van der Waals surface area (Å²) in [6.45, 7) is 1.98. The minimum atomic E-state index is -4.18. The van der Waals surface area contributed by atoms with Crippen molar-refractivity contribution in [2.75, 3.05) is 13.2 Å². The van der Waals surface area contributed by atoms with Crippen LogP contribution in [0.25, 0.3) is 6.08 Å². The summed E-state index contributed by atoms with van der Waals surface area (Å²) in [4.78, 5) is 26.3.